The van der Waals surface area contributed by atoms with E-state index in [1.54, 1.807) is 36.4 Å². The number of nitrogens with one attached hydrogen (secondary N) is 1. The Balaban J connectivity index is 0.00000200. The number of quaternary nitrogens is 1. The van der Waals surface area contributed by atoms with E-state index in [0.29, 0.717) is 11.4 Å². The lowest BCUT2D eigenvalue weighted by atomic mass is 10.3. The molecule has 0 saturated carbocycles. The summed E-state index contributed by atoms with van der Waals surface area (Å²) in [6, 6.07) is 9.43. The smallest absolute Gasteiger partial charge is 0.291 e. The van der Waals surface area contributed by atoms with Gasteiger partial charge in [0.05, 0.1) is 12.2 Å². The predicted molar refractivity (Wildman–Crippen MR) is 69.6 cm³/mol. The number of hydrogen-bond donors (Lipinski definition) is 2. The van der Waals surface area contributed by atoms with Crippen molar-refractivity contribution in [1.29, 1.82) is 0 Å². The minimum Gasteiger partial charge on any atom is -0.546 e. The zero-order valence-corrected chi connectivity index (χ0v) is 10.8. The van der Waals surface area contributed by atoms with Crippen LogP contribution in [-0.4, -0.2) is 18.5 Å². The first-order valence-corrected chi connectivity index (χ1v) is 5.43. The molecule has 0 aliphatic rings. The molecule has 1 amide bonds. The number of carbonyl (C=O) groups is 2. The molecular weight excluding hydrogens is 264 g/mol. The van der Waals surface area contributed by atoms with Crippen LogP contribution >= 0.6 is 0 Å². The molecule has 5 N–H and O–H groups in total. The lowest BCUT2D eigenvalue weighted by Crippen LogP contribution is -2.28. The Kier molecular flexibility index (Phi) is 5.31. The summed E-state index contributed by atoms with van der Waals surface area (Å²) in [6.07, 6.45) is 1.41. The summed E-state index contributed by atoms with van der Waals surface area (Å²) in [6.45, 7) is -0.516. The third-order valence-corrected chi connectivity index (χ3v) is 2.21. The van der Waals surface area contributed by atoms with Gasteiger partial charge in [0.1, 0.15) is 12.4 Å². The molecule has 1 aromatic carbocycles. The average molecular weight is 278 g/mol. The average Bonchev–Trinajstić information content (AvgIpc) is 2.92. The largest absolute Gasteiger partial charge is 0.546 e. The van der Waals surface area contributed by atoms with Crippen LogP contribution in [-0.2, 0) is 4.79 Å². The molecule has 0 radical (unpaired) electrons. The number of carboxylic acid groups (broad SMARTS) is 1. The van der Waals surface area contributed by atoms with Crippen molar-refractivity contribution in [3.05, 3.63) is 48.4 Å². The molecule has 0 aliphatic carbocycles. The quantitative estimate of drug-likeness (QED) is 0.844. The number of benzene rings is 1. The lowest BCUT2D eigenvalue weighted by molar-refractivity contribution is -0.307. The van der Waals surface area contributed by atoms with E-state index >= 15 is 0 Å². The Morgan fingerprint density at radius 1 is 1.20 bits per heavy atom. The molecule has 2 rings (SSSR count). The molecule has 2 aromatic rings. The number of hydrogen-bond acceptors (Lipinski definition) is 5. The number of carbonyl (C=O) groups excluding carboxylic acids is 2. The van der Waals surface area contributed by atoms with Gasteiger partial charge in [-0.1, -0.05) is 0 Å². The third kappa shape index (κ3) is 4.14. The molecule has 1 aromatic heterocycles. The maximum absolute atomic E-state index is 11.7. The van der Waals surface area contributed by atoms with Crippen LogP contribution in [0.1, 0.15) is 10.6 Å². The number of rotatable bonds is 5. The van der Waals surface area contributed by atoms with Gasteiger partial charge in [-0.3, -0.25) is 4.79 Å². The summed E-state index contributed by atoms with van der Waals surface area (Å²) in [4.78, 5) is 21.9. The number of ether oxygens (including phenoxy) is 1. The van der Waals surface area contributed by atoms with Gasteiger partial charge in [0, 0.05) is 5.69 Å². The van der Waals surface area contributed by atoms with Gasteiger partial charge < -0.3 is 30.5 Å². The standard InChI is InChI=1S/C13H11NO5.H3N/c15-12(16)8-19-10-5-3-9(4-6-10)14-13(17)11-2-1-7-18-11;/h1-7H,8H2,(H,14,17)(H,15,16);1H3. The van der Waals surface area contributed by atoms with Crippen molar-refractivity contribution in [2.45, 2.75) is 0 Å². The van der Waals surface area contributed by atoms with Gasteiger partial charge in [0.2, 0.25) is 0 Å². The second-order valence-electron chi connectivity index (χ2n) is 3.62. The SMILES string of the molecule is O=C([O-])COc1ccc(NC(=O)c2ccco2)cc1.[NH4+]. The van der Waals surface area contributed by atoms with Crippen molar-refractivity contribution in [2.24, 2.45) is 0 Å². The second kappa shape index (κ2) is 6.95. The maximum Gasteiger partial charge on any atom is 0.291 e. The molecule has 0 bridgehead atoms. The zero-order valence-electron chi connectivity index (χ0n) is 10.8. The zero-order chi connectivity index (χ0) is 13.7. The summed E-state index contributed by atoms with van der Waals surface area (Å²) in [5.41, 5.74) is 0.544. The van der Waals surface area contributed by atoms with Gasteiger partial charge in [-0.2, -0.15) is 0 Å². The molecule has 0 aliphatic heterocycles. The predicted octanol–water partition coefficient (Wildman–Crippen LogP) is 1.04. The summed E-state index contributed by atoms with van der Waals surface area (Å²) >= 11 is 0. The van der Waals surface area contributed by atoms with E-state index in [4.69, 9.17) is 9.15 Å². The molecule has 1 heterocycles. The van der Waals surface area contributed by atoms with E-state index in [0.717, 1.165) is 0 Å². The van der Waals surface area contributed by atoms with Crippen LogP contribution in [0.25, 0.3) is 0 Å². The molecule has 0 spiro atoms. The lowest BCUT2D eigenvalue weighted by Gasteiger charge is -2.08. The topological polar surface area (TPSA) is 128 Å². The Hall–Kier alpha value is -2.80. The van der Waals surface area contributed by atoms with Crippen molar-refractivity contribution in [3.8, 4) is 5.75 Å². The number of furan rings is 1. The van der Waals surface area contributed by atoms with Gasteiger partial charge >= 0.3 is 0 Å². The first-order chi connectivity index (χ1) is 9.15. The Labute approximate surface area is 114 Å². The fraction of sp³-hybridized carbons (Fsp3) is 0.0769. The maximum atomic E-state index is 11.7. The molecule has 0 fully saturated rings. The number of carboxylic acids is 1. The van der Waals surface area contributed by atoms with E-state index in [9.17, 15) is 14.7 Å². The fourth-order valence-corrected chi connectivity index (χ4v) is 1.38. The monoisotopic (exact) mass is 278 g/mol. The van der Waals surface area contributed by atoms with Crippen LogP contribution in [0.15, 0.2) is 47.1 Å². The van der Waals surface area contributed by atoms with Crippen molar-refractivity contribution in [1.82, 2.24) is 6.15 Å². The molecule has 7 heteroatoms. The summed E-state index contributed by atoms with van der Waals surface area (Å²) < 4.78 is 9.85. The Morgan fingerprint density at radius 3 is 2.45 bits per heavy atom. The van der Waals surface area contributed by atoms with E-state index in [2.05, 4.69) is 5.32 Å². The van der Waals surface area contributed by atoms with Crippen LogP contribution in [0.2, 0.25) is 0 Å². The van der Waals surface area contributed by atoms with Crippen molar-refractivity contribution in [2.75, 3.05) is 11.9 Å². The van der Waals surface area contributed by atoms with E-state index in [1.807, 2.05) is 0 Å². The first kappa shape index (κ1) is 15.3. The summed E-state index contributed by atoms with van der Waals surface area (Å²) in [7, 11) is 0. The van der Waals surface area contributed by atoms with E-state index in [-0.39, 0.29) is 17.8 Å². The Bertz CT molecular complexity index is 563. The third-order valence-electron chi connectivity index (χ3n) is 2.21. The molecular formula is C13H14N2O5. The molecule has 7 nitrogen and oxygen atoms in total. The highest BCUT2D eigenvalue weighted by Crippen LogP contribution is 2.16. The molecule has 0 unspecified atom stereocenters. The molecule has 106 valence electrons. The van der Waals surface area contributed by atoms with Crippen LogP contribution in [0.3, 0.4) is 0 Å². The second-order valence-corrected chi connectivity index (χ2v) is 3.62. The first-order valence-electron chi connectivity index (χ1n) is 5.43. The van der Waals surface area contributed by atoms with Gasteiger partial charge in [-0.25, -0.2) is 0 Å². The normalized spacial score (nSPS) is 9.40. The van der Waals surface area contributed by atoms with Crippen LogP contribution in [0, 0.1) is 0 Å². The minimum atomic E-state index is -1.30. The highest BCUT2D eigenvalue weighted by atomic mass is 16.5. The van der Waals surface area contributed by atoms with Gasteiger partial charge in [-0.15, -0.1) is 0 Å². The van der Waals surface area contributed by atoms with Gasteiger partial charge in [-0.05, 0) is 36.4 Å². The van der Waals surface area contributed by atoms with Gasteiger partial charge in [0.25, 0.3) is 5.91 Å². The van der Waals surface area contributed by atoms with Gasteiger partial charge in [0.15, 0.2) is 5.76 Å². The highest BCUT2D eigenvalue weighted by molar-refractivity contribution is 6.02. The fourth-order valence-electron chi connectivity index (χ4n) is 1.38. The molecule has 20 heavy (non-hydrogen) atoms. The van der Waals surface area contributed by atoms with E-state index < -0.39 is 12.6 Å². The van der Waals surface area contributed by atoms with Crippen molar-refractivity contribution < 1.29 is 23.8 Å². The number of amides is 1. The van der Waals surface area contributed by atoms with E-state index in [1.165, 1.54) is 6.26 Å². The number of aliphatic carboxylic acids is 1. The summed E-state index contributed by atoms with van der Waals surface area (Å²) in [5.74, 6) is -1.08. The van der Waals surface area contributed by atoms with Crippen LogP contribution in [0.4, 0.5) is 5.69 Å². The highest BCUT2D eigenvalue weighted by Gasteiger charge is 2.08. The molecule has 0 atom stereocenters. The molecule has 0 saturated heterocycles. The summed E-state index contributed by atoms with van der Waals surface area (Å²) in [5, 5.41) is 12.8. The minimum absolute atomic E-state index is 0. The number of anilines is 1. The van der Waals surface area contributed by atoms with Crippen molar-refractivity contribution in [3.63, 3.8) is 0 Å². The Morgan fingerprint density at radius 2 is 1.90 bits per heavy atom. The van der Waals surface area contributed by atoms with Crippen LogP contribution in [0.5, 0.6) is 5.75 Å². The van der Waals surface area contributed by atoms with Crippen molar-refractivity contribution >= 4 is 17.6 Å². The van der Waals surface area contributed by atoms with Crippen LogP contribution < -0.4 is 21.3 Å².